The van der Waals surface area contributed by atoms with E-state index in [-0.39, 0.29) is 23.8 Å². The molecule has 0 unspecified atom stereocenters. The first-order valence-corrected chi connectivity index (χ1v) is 10.5. The number of benzene rings is 2. The zero-order valence-electron chi connectivity index (χ0n) is 16.3. The summed E-state index contributed by atoms with van der Waals surface area (Å²) >= 11 is 0. The van der Waals surface area contributed by atoms with Crippen molar-refractivity contribution in [1.82, 2.24) is 10.0 Å². The van der Waals surface area contributed by atoms with E-state index in [0.29, 0.717) is 18.9 Å². The minimum atomic E-state index is -3.67. The Kier molecular flexibility index (Phi) is 7.83. The number of ether oxygens (including phenoxy) is 2. The molecule has 0 saturated carbocycles. The number of methoxy groups -OCH3 is 1. The summed E-state index contributed by atoms with van der Waals surface area (Å²) in [6, 6.07) is 11.8. The Morgan fingerprint density at radius 3 is 2.46 bits per heavy atom. The van der Waals surface area contributed by atoms with Crippen LogP contribution in [0, 0.1) is 6.92 Å². The molecule has 2 aromatic rings. The Labute approximate surface area is 166 Å². The maximum atomic E-state index is 12.3. The first-order chi connectivity index (χ1) is 13.4. The quantitative estimate of drug-likeness (QED) is 0.632. The van der Waals surface area contributed by atoms with E-state index in [1.807, 2.05) is 32.0 Å². The summed E-state index contributed by atoms with van der Waals surface area (Å²) in [5, 5.41) is 2.77. The standard InChI is InChI=1S/C20H26N2O5S/c1-4-27-17-7-9-18(10-8-17)28(24,25)22-12-11-20(23)21-14-16-6-5-15(2)19(13-16)26-3/h5-10,13,22H,4,11-12,14H2,1-3H3,(H,21,23). The van der Waals surface area contributed by atoms with Crippen LogP contribution in [0.3, 0.4) is 0 Å². The average Bonchev–Trinajstić information content (AvgIpc) is 2.68. The number of hydrogen-bond donors (Lipinski definition) is 2. The Morgan fingerprint density at radius 1 is 1.11 bits per heavy atom. The third-order valence-electron chi connectivity index (χ3n) is 4.05. The van der Waals surface area contributed by atoms with Gasteiger partial charge in [0.25, 0.3) is 0 Å². The summed E-state index contributed by atoms with van der Waals surface area (Å²) in [7, 11) is -2.07. The highest BCUT2D eigenvalue weighted by atomic mass is 32.2. The average molecular weight is 407 g/mol. The van der Waals surface area contributed by atoms with Crippen LogP contribution < -0.4 is 19.5 Å². The Bertz CT molecular complexity index is 895. The molecule has 152 valence electrons. The van der Waals surface area contributed by atoms with Crippen molar-refractivity contribution in [2.75, 3.05) is 20.3 Å². The summed E-state index contributed by atoms with van der Waals surface area (Å²) in [6.45, 7) is 4.67. The zero-order chi connectivity index (χ0) is 20.6. The Balaban J connectivity index is 1.80. The second-order valence-corrected chi connectivity index (χ2v) is 7.90. The maximum Gasteiger partial charge on any atom is 0.240 e. The molecule has 0 bridgehead atoms. The molecule has 0 spiro atoms. The van der Waals surface area contributed by atoms with Gasteiger partial charge in [-0.1, -0.05) is 12.1 Å². The molecular weight excluding hydrogens is 380 g/mol. The number of hydrogen-bond acceptors (Lipinski definition) is 5. The van der Waals surface area contributed by atoms with Gasteiger partial charge in [-0.15, -0.1) is 0 Å². The van der Waals surface area contributed by atoms with E-state index in [0.717, 1.165) is 16.9 Å². The molecule has 0 heterocycles. The van der Waals surface area contributed by atoms with Crippen LogP contribution in [0.2, 0.25) is 0 Å². The van der Waals surface area contributed by atoms with Gasteiger partial charge in [0.1, 0.15) is 11.5 Å². The SMILES string of the molecule is CCOc1ccc(S(=O)(=O)NCCC(=O)NCc2ccc(C)c(OC)c2)cc1. The van der Waals surface area contributed by atoms with E-state index in [1.165, 1.54) is 12.1 Å². The van der Waals surface area contributed by atoms with Crippen LogP contribution in [-0.2, 0) is 21.4 Å². The van der Waals surface area contributed by atoms with Crippen LogP contribution in [0.1, 0.15) is 24.5 Å². The van der Waals surface area contributed by atoms with Gasteiger partial charge in [-0.25, -0.2) is 13.1 Å². The van der Waals surface area contributed by atoms with E-state index in [4.69, 9.17) is 9.47 Å². The fraction of sp³-hybridized carbons (Fsp3) is 0.350. The predicted molar refractivity (Wildman–Crippen MR) is 107 cm³/mol. The van der Waals surface area contributed by atoms with Crippen molar-refractivity contribution >= 4 is 15.9 Å². The van der Waals surface area contributed by atoms with Gasteiger partial charge in [0.2, 0.25) is 15.9 Å². The minimum absolute atomic E-state index is 0.0125. The fourth-order valence-electron chi connectivity index (χ4n) is 2.53. The molecule has 8 heteroatoms. The van der Waals surface area contributed by atoms with Gasteiger partial charge >= 0.3 is 0 Å². The van der Waals surface area contributed by atoms with Crippen molar-refractivity contribution in [3.8, 4) is 11.5 Å². The topological polar surface area (TPSA) is 93.7 Å². The summed E-state index contributed by atoms with van der Waals surface area (Å²) in [4.78, 5) is 12.1. The summed E-state index contributed by atoms with van der Waals surface area (Å²) in [5.41, 5.74) is 1.92. The molecule has 7 nitrogen and oxygen atoms in total. The molecule has 0 aliphatic heterocycles. The van der Waals surface area contributed by atoms with Gasteiger partial charge in [-0.3, -0.25) is 4.79 Å². The van der Waals surface area contributed by atoms with Crippen LogP contribution in [0.4, 0.5) is 0 Å². The first kappa shape index (κ1) is 21.7. The lowest BCUT2D eigenvalue weighted by Crippen LogP contribution is -2.30. The normalized spacial score (nSPS) is 11.1. The molecule has 1 amide bonds. The van der Waals surface area contributed by atoms with E-state index in [1.54, 1.807) is 19.2 Å². The number of sulfonamides is 1. The van der Waals surface area contributed by atoms with Crippen LogP contribution in [0.25, 0.3) is 0 Å². The predicted octanol–water partition coefficient (Wildman–Crippen LogP) is 2.39. The van der Waals surface area contributed by atoms with Crippen LogP contribution in [-0.4, -0.2) is 34.6 Å². The number of carbonyl (C=O) groups is 1. The largest absolute Gasteiger partial charge is 0.496 e. The van der Waals surface area contributed by atoms with Crippen molar-refractivity contribution < 1.29 is 22.7 Å². The number of amides is 1. The second-order valence-electron chi connectivity index (χ2n) is 6.13. The Hall–Kier alpha value is -2.58. The van der Waals surface area contributed by atoms with Crippen molar-refractivity contribution in [2.45, 2.75) is 31.7 Å². The van der Waals surface area contributed by atoms with E-state index in [2.05, 4.69) is 10.0 Å². The van der Waals surface area contributed by atoms with Crippen molar-refractivity contribution in [3.63, 3.8) is 0 Å². The highest BCUT2D eigenvalue weighted by Crippen LogP contribution is 2.19. The summed E-state index contributed by atoms with van der Waals surface area (Å²) in [5.74, 6) is 1.12. The van der Waals surface area contributed by atoms with Crippen LogP contribution >= 0.6 is 0 Å². The molecular formula is C20H26N2O5S. The zero-order valence-corrected chi connectivity index (χ0v) is 17.1. The van der Waals surface area contributed by atoms with Gasteiger partial charge in [0.05, 0.1) is 18.6 Å². The molecule has 0 saturated heterocycles. The monoisotopic (exact) mass is 406 g/mol. The smallest absolute Gasteiger partial charge is 0.240 e. The maximum absolute atomic E-state index is 12.3. The molecule has 0 fully saturated rings. The fourth-order valence-corrected chi connectivity index (χ4v) is 3.56. The molecule has 28 heavy (non-hydrogen) atoms. The summed E-state index contributed by atoms with van der Waals surface area (Å²) < 4.78 is 37.5. The van der Waals surface area contributed by atoms with Gasteiger partial charge in [-0.2, -0.15) is 0 Å². The van der Waals surface area contributed by atoms with Crippen molar-refractivity contribution in [2.24, 2.45) is 0 Å². The molecule has 2 aromatic carbocycles. The van der Waals surface area contributed by atoms with Crippen LogP contribution in [0.5, 0.6) is 11.5 Å². The number of aryl methyl sites for hydroxylation is 1. The van der Waals surface area contributed by atoms with E-state index < -0.39 is 10.0 Å². The molecule has 0 aliphatic carbocycles. The van der Waals surface area contributed by atoms with Crippen molar-refractivity contribution in [3.05, 3.63) is 53.6 Å². The lowest BCUT2D eigenvalue weighted by Gasteiger charge is -2.10. The van der Waals surface area contributed by atoms with E-state index in [9.17, 15) is 13.2 Å². The highest BCUT2D eigenvalue weighted by molar-refractivity contribution is 7.89. The molecule has 2 rings (SSSR count). The van der Waals surface area contributed by atoms with Gasteiger partial charge in [-0.05, 0) is 55.3 Å². The van der Waals surface area contributed by atoms with Gasteiger partial charge in [0.15, 0.2) is 0 Å². The molecule has 0 aliphatic rings. The third-order valence-corrected chi connectivity index (χ3v) is 5.53. The first-order valence-electron chi connectivity index (χ1n) is 8.98. The Morgan fingerprint density at radius 2 is 1.82 bits per heavy atom. The molecule has 0 atom stereocenters. The lowest BCUT2D eigenvalue weighted by molar-refractivity contribution is -0.121. The third kappa shape index (κ3) is 6.24. The number of nitrogens with one attached hydrogen (secondary N) is 2. The molecule has 0 aromatic heterocycles. The van der Waals surface area contributed by atoms with Gasteiger partial charge in [0, 0.05) is 19.5 Å². The minimum Gasteiger partial charge on any atom is -0.496 e. The van der Waals surface area contributed by atoms with E-state index >= 15 is 0 Å². The van der Waals surface area contributed by atoms with Crippen molar-refractivity contribution in [1.29, 1.82) is 0 Å². The molecule has 2 N–H and O–H groups in total. The number of rotatable bonds is 10. The summed E-state index contributed by atoms with van der Waals surface area (Å²) in [6.07, 6.45) is 0.0409. The highest BCUT2D eigenvalue weighted by Gasteiger charge is 2.14. The lowest BCUT2D eigenvalue weighted by atomic mass is 10.1. The van der Waals surface area contributed by atoms with Gasteiger partial charge < -0.3 is 14.8 Å². The van der Waals surface area contributed by atoms with Crippen LogP contribution in [0.15, 0.2) is 47.4 Å². The number of carbonyl (C=O) groups excluding carboxylic acids is 1. The molecule has 0 radical (unpaired) electrons. The second kappa shape index (κ2) is 10.1.